The summed E-state index contributed by atoms with van der Waals surface area (Å²) in [6, 6.07) is 13.9. The van der Waals surface area contributed by atoms with Gasteiger partial charge in [0.05, 0.1) is 12.0 Å². The lowest BCUT2D eigenvalue weighted by molar-refractivity contribution is -0.156. The molecule has 2 heterocycles. The summed E-state index contributed by atoms with van der Waals surface area (Å²) in [7, 11) is 0. The maximum atomic E-state index is 14.1. The number of ketones is 2. The maximum Gasteiger partial charge on any atom is 0.320 e. The molecule has 0 radical (unpaired) electrons. The molecular weight excluding hydrogens is 418 g/mol. The predicted molar refractivity (Wildman–Crippen MR) is 119 cm³/mol. The third-order valence-corrected chi connectivity index (χ3v) is 8.08. The van der Waals surface area contributed by atoms with Crippen LogP contribution in [0.1, 0.15) is 70.0 Å². The van der Waals surface area contributed by atoms with Crippen molar-refractivity contribution < 1.29 is 23.9 Å². The molecule has 3 fully saturated rings. The molecule has 2 aliphatic carbocycles. The van der Waals surface area contributed by atoms with E-state index in [0.29, 0.717) is 11.1 Å². The molecule has 3 atom stereocenters. The summed E-state index contributed by atoms with van der Waals surface area (Å²) in [5.74, 6) is -4.15. The number of ether oxygens (including phenoxy) is 1. The van der Waals surface area contributed by atoms with Crippen molar-refractivity contribution in [3.63, 3.8) is 0 Å². The number of cyclic esters (lactones) is 2. The summed E-state index contributed by atoms with van der Waals surface area (Å²) < 4.78 is 5.11. The summed E-state index contributed by atoms with van der Waals surface area (Å²) in [4.78, 5) is 56.5. The summed E-state index contributed by atoms with van der Waals surface area (Å²) in [6.45, 7) is 1.98. The van der Waals surface area contributed by atoms with E-state index in [9.17, 15) is 19.2 Å². The molecule has 168 valence electrons. The lowest BCUT2D eigenvalue weighted by Crippen LogP contribution is -2.61. The number of benzene rings is 2. The van der Waals surface area contributed by atoms with Crippen LogP contribution in [0.3, 0.4) is 0 Å². The zero-order valence-electron chi connectivity index (χ0n) is 18.5. The van der Waals surface area contributed by atoms with Crippen LogP contribution < -0.4 is 0 Å². The van der Waals surface area contributed by atoms with Gasteiger partial charge in [0.2, 0.25) is 0 Å². The molecular formula is C27H25NO5. The Morgan fingerprint density at radius 3 is 2.03 bits per heavy atom. The van der Waals surface area contributed by atoms with Crippen molar-refractivity contribution >= 4 is 23.5 Å². The van der Waals surface area contributed by atoms with Gasteiger partial charge in [-0.2, -0.15) is 0 Å². The Labute approximate surface area is 191 Å². The molecule has 0 amide bonds. The Bertz CT molecular complexity index is 1160. The largest absolute Gasteiger partial charge is 0.393 e. The topological polar surface area (TPSA) is 80.8 Å². The van der Waals surface area contributed by atoms with E-state index >= 15 is 0 Å². The zero-order valence-corrected chi connectivity index (χ0v) is 18.5. The fraction of sp³-hybridized carbons (Fsp3) is 0.407. The Hall–Kier alpha value is -3.12. The quantitative estimate of drug-likeness (QED) is 0.519. The molecule has 2 aromatic rings. The van der Waals surface area contributed by atoms with Gasteiger partial charge in [0.25, 0.3) is 0 Å². The predicted octanol–water partition coefficient (Wildman–Crippen LogP) is 3.82. The van der Waals surface area contributed by atoms with E-state index in [1.54, 1.807) is 24.3 Å². The van der Waals surface area contributed by atoms with Crippen LogP contribution in [0.25, 0.3) is 0 Å². The molecule has 1 spiro atoms. The molecule has 6 heteroatoms. The van der Waals surface area contributed by atoms with Crippen LogP contribution in [0, 0.1) is 18.8 Å². The number of rotatable bonds is 2. The fourth-order valence-corrected chi connectivity index (χ4v) is 6.72. The van der Waals surface area contributed by atoms with E-state index in [0.717, 1.165) is 43.2 Å². The zero-order chi connectivity index (χ0) is 22.9. The Morgan fingerprint density at radius 2 is 1.42 bits per heavy atom. The van der Waals surface area contributed by atoms with Crippen LogP contribution in [0.2, 0.25) is 0 Å². The average molecular weight is 443 g/mol. The first-order chi connectivity index (χ1) is 16.0. The number of carbonyl (C=O) groups is 4. The number of fused-ring (bicyclic) bond motifs is 3. The van der Waals surface area contributed by atoms with Crippen LogP contribution >= 0.6 is 0 Å². The minimum absolute atomic E-state index is 0.0709. The van der Waals surface area contributed by atoms with Crippen molar-refractivity contribution in [3.8, 4) is 0 Å². The van der Waals surface area contributed by atoms with Crippen molar-refractivity contribution in [3.05, 3.63) is 70.8 Å². The molecule has 33 heavy (non-hydrogen) atoms. The van der Waals surface area contributed by atoms with Gasteiger partial charge < -0.3 is 4.74 Å². The molecule has 0 bridgehead atoms. The van der Waals surface area contributed by atoms with Gasteiger partial charge in [-0.15, -0.1) is 0 Å². The van der Waals surface area contributed by atoms with Crippen LogP contribution in [-0.4, -0.2) is 40.0 Å². The lowest BCUT2D eigenvalue weighted by Gasteiger charge is -2.44. The molecule has 4 aliphatic rings. The number of Topliss-reactive ketones (excluding diaryl/α,β-unsaturated/α-hetero) is 2. The van der Waals surface area contributed by atoms with Gasteiger partial charge in [0.15, 0.2) is 17.1 Å². The van der Waals surface area contributed by atoms with E-state index in [1.807, 2.05) is 36.1 Å². The van der Waals surface area contributed by atoms with E-state index in [-0.39, 0.29) is 17.6 Å². The second-order valence-corrected chi connectivity index (χ2v) is 9.77. The van der Waals surface area contributed by atoms with E-state index in [4.69, 9.17) is 4.74 Å². The van der Waals surface area contributed by atoms with Crippen molar-refractivity contribution in [2.45, 2.75) is 56.7 Å². The monoisotopic (exact) mass is 443 g/mol. The second kappa shape index (κ2) is 7.19. The third-order valence-electron chi connectivity index (χ3n) is 8.08. The molecule has 0 N–H and O–H groups in total. The van der Waals surface area contributed by atoms with Crippen LogP contribution in [0.15, 0.2) is 48.5 Å². The second-order valence-electron chi connectivity index (χ2n) is 9.77. The Kier molecular flexibility index (Phi) is 4.46. The molecule has 2 aromatic carbocycles. The molecule has 0 aromatic heterocycles. The van der Waals surface area contributed by atoms with Gasteiger partial charge in [-0.1, -0.05) is 73.4 Å². The van der Waals surface area contributed by atoms with Gasteiger partial charge in [-0.25, -0.2) is 0 Å². The number of esters is 2. The van der Waals surface area contributed by atoms with Crippen molar-refractivity contribution in [2.75, 3.05) is 0 Å². The van der Waals surface area contributed by atoms with Crippen LogP contribution in [0.5, 0.6) is 0 Å². The Morgan fingerprint density at radius 1 is 0.818 bits per heavy atom. The van der Waals surface area contributed by atoms with Gasteiger partial charge in [-0.05, 0) is 25.3 Å². The smallest absolute Gasteiger partial charge is 0.320 e. The highest BCUT2D eigenvalue weighted by Gasteiger charge is 2.77. The van der Waals surface area contributed by atoms with Gasteiger partial charge in [0, 0.05) is 17.2 Å². The summed E-state index contributed by atoms with van der Waals surface area (Å²) in [5, 5.41) is 0. The first kappa shape index (κ1) is 20.5. The number of nitrogens with zero attached hydrogens (tertiary/aromatic N) is 1. The van der Waals surface area contributed by atoms with Crippen molar-refractivity contribution in [1.82, 2.24) is 4.90 Å². The van der Waals surface area contributed by atoms with Crippen molar-refractivity contribution in [1.29, 1.82) is 0 Å². The number of aryl methyl sites for hydroxylation is 1. The highest BCUT2D eigenvalue weighted by molar-refractivity contribution is 6.35. The van der Waals surface area contributed by atoms with Crippen molar-refractivity contribution in [2.24, 2.45) is 11.8 Å². The highest BCUT2D eigenvalue weighted by atomic mass is 16.6. The summed E-state index contributed by atoms with van der Waals surface area (Å²) in [6.07, 6.45) is 4.72. The first-order valence-electron chi connectivity index (χ1n) is 11.8. The van der Waals surface area contributed by atoms with Gasteiger partial charge >= 0.3 is 11.9 Å². The van der Waals surface area contributed by atoms with E-state index in [2.05, 4.69) is 0 Å². The number of likely N-dealkylation sites (tertiary alicyclic amines) is 1. The minimum atomic E-state index is -1.73. The number of hydrogen-bond acceptors (Lipinski definition) is 6. The summed E-state index contributed by atoms with van der Waals surface area (Å²) in [5.41, 5.74) is 0.839. The molecule has 0 unspecified atom stereocenters. The molecule has 2 aliphatic heterocycles. The normalized spacial score (nSPS) is 28.9. The highest BCUT2D eigenvalue weighted by Crippen LogP contribution is 2.60. The molecule has 1 saturated carbocycles. The lowest BCUT2D eigenvalue weighted by atomic mass is 9.75. The molecule has 2 saturated heterocycles. The van der Waals surface area contributed by atoms with E-state index in [1.165, 1.54) is 0 Å². The fourth-order valence-electron chi connectivity index (χ4n) is 6.72. The van der Waals surface area contributed by atoms with Gasteiger partial charge in [0.1, 0.15) is 5.92 Å². The van der Waals surface area contributed by atoms with Crippen LogP contribution in [-0.2, 0) is 14.3 Å². The standard InChI is InChI=1S/C27H25NO5/c1-15-11-13-16(14-12-15)22-20-21(26(32)33-25(20)31)27(28(22)17-7-3-2-4-8-17)23(29)18-9-5-6-10-19(18)24(27)30/h5-6,9-14,17,20-22H,2-4,7-8H2,1H3/t20-,21+,22+/m0/s1. The third kappa shape index (κ3) is 2.58. The first-order valence-corrected chi connectivity index (χ1v) is 11.8. The average Bonchev–Trinajstić information content (AvgIpc) is 3.39. The SMILES string of the molecule is Cc1ccc([C@@H]2[C@H]3C(=O)OC(=O)[C@@H]3C3(C(=O)c4ccccc4C3=O)N2C2CCCCC2)cc1. The maximum absolute atomic E-state index is 14.1. The summed E-state index contributed by atoms with van der Waals surface area (Å²) >= 11 is 0. The number of carbonyl (C=O) groups excluding carboxylic acids is 4. The Balaban J connectivity index is 1.62. The number of hydrogen-bond donors (Lipinski definition) is 0. The minimum Gasteiger partial charge on any atom is -0.393 e. The van der Waals surface area contributed by atoms with Gasteiger partial charge in [-0.3, -0.25) is 24.1 Å². The molecule has 6 rings (SSSR count). The van der Waals surface area contributed by atoms with Crippen LogP contribution in [0.4, 0.5) is 0 Å². The molecule has 6 nitrogen and oxygen atoms in total. The van der Waals surface area contributed by atoms with E-state index < -0.39 is 35.4 Å².